The first-order valence-corrected chi connectivity index (χ1v) is 7.06. The number of rotatable bonds is 3. The van der Waals surface area contributed by atoms with Gasteiger partial charge >= 0.3 is 6.18 Å². The van der Waals surface area contributed by atoms with Crippen molar-refractivity contribution in [2.45, 2.75) is 50.3 Å². The molecule has 1 aromatic carbocycles. The second-order valence-corrected chi connectivity index (χ2v) is 6.44. The molecule has 0 radical (unpaired) electrons. The number of benzene rings is 1. The number of alkyl halides is 3. The van der Waals surface area contributed by atoms with Crippen molar-refractivity contribution in [2.75, 3.05) is 6.61 Å². The summed E-state index contributed by atoms with van der Waals surface area (Å²) < 4.78 is 44.3. The molecule has 2 rings (SSSR count). The first-order chi connectivity index (χ1) is 10.0. The molecule has 1 aliphatic rings. The molecule has 0 unspecified atom stereocenters. The van der Waals surface area contributed by atoms with Crippen molar-refractivity contribution in [1.29, 1.82) is 0 Å². The maximum absolute atomic E-state index is 12.9. The SMILES string of the molecule is CC1(C)C[C@@](CC(=O)[O-])(c2cccc(C(F)(F)F)c2)CCO1. The van der Waals surface area contributed by atoms with E-state index in [1.54, 1.807) is 6.07 Å². The van der Waals surface area contributed by atoms with Gasteiger partial charge in [-0.2, -0.15) is 13.2 Å². The summed E-state index contributed by atoms with van der Waals surface area (Å²) in [7, 11) is 0. The van der Waals surface area contributed by atoms with Crippen molar-refractivity contribution < 1.29 is 27.8 Å². The smallest absolute Gasteiger partial charge is 0.416 e. The van der Waals surface area contributed by atoms with Gasteiger partial charge in [0.25, 0.3) is 0 Å². The van der Waals surface area contributed by atoms with Gasteiger partial charge in [0.1, 0.15) is 0 Å². The van der Waals surface area contributed by atoms with Crippen LogP contribution in [-0.2, 0) is 21.1 Å². The molecule has 0 saturated carbocycles. The average molecular weight is 315 g/mol. The van der Waals surface area contributed by atoms with E-state index in [9.17, 15) is 23.1 Å². The lowest BCUT2D eigenvalue weighted by Gasteiger charge is -2.45. The Kier molecular flexibility index (Phi) is 4.26. The molecule has 1 fully saturated rings. The molecule has 6 heteroatoms. The molecular weight excluding hydrogens is 297 g/mol. The van der Waals surface area contributed by atoms with Crippen LogP contribution in [0.1, 0.15) is 44.2 Å². The molecule has 1 heterocycles. The van der Waals surface area contributed by atoms with Gasteiger partial charge < -0.3 is 14.6 Å². The van der Waals surface area contributed by atoms with Gasteiger partial charge in [-0.15, -0.1) is 0 Å². The van der Waals surface area contributed by atoms with Crippen LogP contribution in [0.4, 0.5) is 13.2 Å². The predicted molar refractivity (Wildman–Crippen MR) is 72.0 cm³/mol. The van der Waals surface area contributed by atoms with Crippen molar-refractivity contribution in [1.82, 2.24) is 0 Å². The Bertz CT molecular complexity index is 566. The highest BCUT2D eigenvalue weighted by atomic mass is 19.4. The van der Waals surface area contributed by atoms with Crippen LogP contribution in [0, 0.1) is 0 Å². The minimum absolute atomic E-state index is 0.302. The van der Waals surface area contributed by atoms with Crippen molar-refractivity contribution in [3.05, 3.63) is 35.4 Å². The second-order valence-electron chi connectivity index (χ2n) is 6.44. The normalized spacial score (nSPS) is 25.0. The maximum Gasteiger partial charge on any atom is 0.416 e. The highest BCUT2D eigenvalue weighted by Gasteiger charge is 2.43. The lowest BCUT2D eigenvalue weighted by molar-refractivity contribution is -0.308. The lowest BCUT2D eigenvalue weighted by atomic mass is 9.67. The first-order valence-electron chi connectivity index (χ1n) is 7.06. The van der Waals surface area contributed by atoms with Crippen molar-refractivity contribution in [2.24, 2.45) is 0 Å². The third-order valence-electron chi connectivity index (χ3n) is 4.12. The number of halogens is 3. The Morgan fingerprint density at radius 3 is 2.59 bits per heavy atom. The first kappa shape index (κ1) is 16.8. The molecule has 1 atom stereocenters. The van der Waals surface area contributed by atoms with Crippen LogP contribution in [-0.4, -0.2) is 18.2 Å². The summed E-state index contributed by atoms with van der Waals surface area (Å²) in [5, 5.41) is 11.2. The number of carboxylic acid groups (broad SMARTS) is 1. The molecule has 3 nitrogen and oxygen atoms in total. The summed E-state index contributed by atoms with van der Waals surface area (Å²) in [6, 6.07) is 4.91. The van der Waals surface area contributed by atoms with Crippen molar-refractivity contribution in [3.8, 4) is 0 Å². The third-order valence-corrected chi connectivity index (χ3v) is 4.12. The van der Waals surface area contributed by atoms with Gasteiger partial charge in [0, 0.05) is 18.0 Å². The minimum Gasteiger partial charge on any atom is -0.550 e. The number of ether oxygens (including phenoxy) is 1. The van der Waals surface area contributed by atoms with E-state index in [1.165, 1.54) is 6.07 Å². The molecule has 22 heavy (non-hydrogen) atoms. The summed E-state index contributed by atoms with van der Waals surface area (Å²) in [4.78, 5) is 11.2. The maximum atomic E-state index is 12.9. The number of hydrogen-bond donors (Lipinski definition) is 0. The third kappa shape index (κ3) is 3.61. The van der Waals surface area contributed by atoms with E-state index in [2.05, 4.69) is 0 Å². The summed E-state index contributed by atoms with van der Waals surface area (Å²) in [5.41, 5.74) is -1.89. The number of carboxylic acids is 1. The zero-order valence-corrected chi connectivity index (χ0v) is 12.5. The van der Waals surface area contributed by atoms with Gasteiger partial charge in [-0.1, -0.05) is 18.2 Å². The van der Waals surface area contributed by atoms with Crippen LogP contribution in [0.25, 0.3) is 0 Å². The summed E-state index contributed by atoms with van der Waals surface area (Å²) in [6.45, 7) is 3.92. The van der Waals surface area contributed by atoms with E-state index in [0.717, 1.165) is 12.1 Å². The monoisotopic (exact) mass is 315 g/mol. The van der Waals surface area contributed by atoms with E-state index in [1.807, 2.05) is 13.8 Å². The standard InChI is InChI=1S/C16H19F3O3/c1-14(2)10-15(6-7-22-14,9-13(20)21)11-4-3-5-12(8-11)16(17,18)19/h3-5,8H,6-7,9-10H2,1-2H3,(H,20,21)/p-1/t15-/m1/s1. The van der Waals surface area contributed by atoms with Crippen LogP contribution >= 0.6 is 0 Å². The Morgan fingerprint density at radius 1 is 1.36 bits per heavy atom. The Morgan fingerprint density at radius 2 is 2.05 bits per heavy atom. The zero-order valence-electron chi connectivity index (χ0n) is 12.5. The lowest BCUT2D eigenvalue weighted by Crippen LogP contribution is -2.47. The van der Waals surface area contributed by atoms with Crippen LogP contribution in [0.3, 0.4) is 0 Å². The van der Waals surface area contributed by atoms with E-state index < -0.39 is 28.7 Å². The number of carbonyl (C=O) groups is 1. The second kappa shape index (κ2) is 5.57. The van der Waals surface area contributed by atoms with Crippen LogP contribution in [0.15, 0.2) is 24.3 Å². The Balaban J connectivity index is 2.48. The van der Waals surface area contributed by atoms with E-state index >= 15 is 0 Å². The van der Waals surface area contributed by atoms with Crippen LogP contribution in [0.5, 0.6) is 0 Å². The van der Waals surface area contributed by atoms with Gasteiger partial charge in [-0.3, -0.25) is 0 Å². The fraction of sp³-hybridized carbons (Fsp3) is 0.562. The van der Waals surface area contributed by atoms with Gasteiger partial charge in [0.2, 0.25) is 0 Å². The summed E-state index contributed by atoms with van der Waals surface area (Å²) in [6.07, 6.45) is -4.10. The average Bonchev–Trinajstić information content (AvgIpc) is 2.36. The van der Waals surface area contributed by atoms with Gasteiger partial charge in [0.05, 0.1) is 11.2 Å². The quantitative estimate of drug-likeness (QED) is 0.861. The minimum atomic E-state index is -4.46. The highest BCUT2D eigenvalue weighted by molar-refractivity contribution is 5.67. The molecule has 0 aromatic heterocycles. The fourth-order valence-corrected chi connectivity index (χ4v) is 3.28. The number of hydrogen-bond acceptors (Lipinski definition) is 3. The molecule has 1 aromatic rings. The van der Waals surface area contributed by atoms with Crippen molar-refractivity contribution in [3.63, 3.8) is 0 Å². The van der Waals surface area contributed by atoms with Crippen LogP contribution < -0.4 is 5.11 Å². The van der Waals surface area contributed by atoms with Gasteiger partial charge in [0.15, 0.2) is 0 Å². The largest absolute Gasteiger partial charge is 0.550 e. The van der Waals surface area contributed by atoms with Gasteiger partial charge in [-0.05, 0) is 44.7 Å². The molecule has 0 spiro atoms. The molecule has 1 saturated heterocycles. The molecule has 0 amide bonds. The topological polar surface area (TPSA) is 49.4 Å². The van der Waals surface area contributed by atoms with E-state index in [4.69, 9.17) is 4.74 Å². The molecular formula is C16H18F3O3-. The van der Waals surface area contributed by atoms with E-state index in [-0.39, 0.29) is 6.42 Å². The van der Waals surface area contributed by atoms with Crippen molar-refractivity contribution >= 4 is 5.97 Å². The fourth-order valence-electron chi connectivity index (χ4n) is 3.28. The Hall–Kier alpha value is -1.56. The highest BCUT2D eigenvalue weighted by Crippen LogP contribution is 2.45. The molecule has 0 bridgehead atoms. The predicted octanol–water partition coefficient (Wildman–Crippen LogP) is 2.67. The van der Waals surface area contributed by atoms with E-state index in [0.29, 0.717) is 25.0 Å². The van der Waals surface area contributed by atoms with Crippen LogP contribution in [0.2, 0.25) is 0 Å². The number of carbonyl (C=O) groups excluding carboxylic acids is 1. The molecule has 1 aliphatic heterocycles. The number of aliphatic carboxylic acids is 1. The molecule has 0 aliphatic carbocycles. The summed E-state index contributed by atoms with van der Waals surface area (Å²) in [5.74, 6) is -1.27. The molecule has 122 valence electrons. The zero-order chi connectivity index (χ0) is 16.6. The van der Waals surface area contributed by atoms with Gasteiger partial charge in [-0.25, -0.2) is 0 Å². The molecule has 0 N–H and O–H groups in total. The Labute approximate surface area is 127 Å². The summed E-state index contributed by atoms with van der Waals surface area (Å²) >= 11 is 0.